The molecule has 1 aliphatic heterocycles. The Morgan fingerprint density at radius 1 is 1.38 bits per heavy atom. The van der Waals surface area contributed by atoms with Crippen LogP contribution in [0.4, 0.5) is 0 Å². The summed E-state index contributed by atoms with van der Waals surface area (Å²) in [5.74, 6) is 2.19. The monoisotopic (exact) mass is 423 g/mol. The molecule has 4 rings (SSSR count). The molecule has 0 radical (unpaired) electrons. The Morgan fingerprint density at radius 3 is 2.66 bits per heavy atom. The summed E-state index contributed by atoms with van der Waals surface area (Å²) in [7, 11) is 0. The number of amides is 1. The fourth-order valence-corrected chi connectivity index (χ4v) is 5.33. The van der Waals surface area contributed by atoms with Gasteiger partial charge in [0.1, 0.15) is 0 Å². The quantitative estimate of drug-likeness (QED) is 0.655. The van der Waals surface area contributed by atoms with E-state index in [1.54, 1.807) is 18.3 Å². The highest BCUT2D eigenvalue weighted by molar-refractivity contribution is 7.09. The van der Waals surface area contributed by atoms with Crippen molar-refractivity contribution in [2.24, 2.45) is 17.8 Å². The number of ether oxygens (including phenoxy) is 1. The first-order valence-corrected chi connectivity index (χ1v) is 11.5. The fourth-order valence-electron chi connectivity index (χ4n) is 4.59. The van der Waals surface area contributed by atoms with Gasteiger partial charge in [-0.2, -0.15) is 0 Å². The number of carbonyl (C=O) groups is 2. The van der Waals surface area contributed by atoms with E-state index < -0.39 is 0 Å². The molecular formula is C21H33N3O4S. The number of hydrogen-bond acceptors (Lipinski definition) is 6. The van der Waals surface area contributed by atoms with E-state index in [-0.39, 0.29) is 24.5 Å². The van der Waals surface area contributed by atoms with E-state index in [4.69, 9.17) is 19.6 Å². The Bertz CT molecular complexity index is 679. The van der Waals surface area contributed by atoms with Gasteiger partial charge < -0.3 is 15.2 Å². The highest BCUT2D eigenvalue weighted by atomic mass is 32.1. The van der Waals surface area contributed by atoms with Crippen molar-refractivity contribution in [3.05, 3.63) is 16.1 Å². The Hall–Kier alpha value is -1.51. The third-order valence-electron chi connectivity index (χ3n) is 6.11. The predicted octanol–water partition coefficient (Wildman–Crippen LogP) is 2.55. The van der Waals surface area contributed by atoms with Gasteiger partial charge in [0.15, 0.2) is 0 Å². The number of nitrogens with one attached hydrogen (secondary N) is 1. The van der Waals surface area contributed by atoms with Crippen molar-refractivity contribution in [2.75, 3.05) is 19.7 Å². The minimum atomic E-state index is -0.250. The van der Waals surface area contributed by atoms with Crippen LogP contribution >= 0.6 is 11.3 Å². The van der Waals surface area contributed by atoms with Gasteiger partial charge >= 0.3 is 0 Å². The fraction of sp³-hybridized carbons (Fsp3) is 0.762. The molecule has 0 spiro atoms. The molecule has 1 amide bonds. The van der Waals surface area contributed by atoms with Crippen LogP contribution in [-0.2, 0) is 27.3 Å². The van der Waals surface area contributed by atoms with Crippen LogP contribution < -0.4 is 5.32 Å². The maximum absolute atomic E-state index is 11.7. The van der Waals surface area contributed by atoms with Crippen molar-refractivity contribution in [1.82, 2.24) is 15.2 Å². The zero-order valence-electron chi connectivity index (χ0n) is 17.4. The zero-order valence-corrected chi connectivity index (χ0v) is 18.2. The first kappa shape index (κ1) is 22.2. The third-order valence-corrected chi connectivity index (χ3v) is 7.15. The number of aryl methyl sites for hydroxylation is 1. The second-order valence-corrected chi connectivity index (χ2v) is 9.44. The molecule has 1 aromatic rings. The molecule has 2 aliphatic carbocycles. The molecule has 0 unspecified atom stereocenters. The van der Waals surface area contributed by atoms with Crippen LogP contribution in [0.25, 0.3) is 0 Å². The average molecular weight is 424 g/mol. The van der Waals surface area contributed by atoms with Crippen molar-refractivity contribution in [3.8, 4) is 0 Å². The first-order chi connectivity index (χ1) is 14.0. The van der Waals surface area contributed by atoms with Gasteiger partial charge in [0.05, 0.1) is 22.8 Å². The van der Waals surface area contributed by atoms with Gasteiger partial charge in [-0.3, -0.25) is 14.5 Å². The summed E-state index contributed by atoms with van der Waals surface area (Å²) in [6, 6.07) is 0.179. The van der Waals surface area contributed by atoms with Crippen molar-refractivity contribution in [1.29, 1.82) is 0 Å². The normalized spacial score (nSPS) is 28.9. The van der Waals surface area contributed by atoms with Gasteiger partial charge in [0.25, 0.3) is 6.47 Å². The molecule has 2 saturated carbocycles. The molecule has 8 heteroatoms. The van der Waals surface area contributed by atoms with Crippen LogP contribution in [0.1, 0.15) is 50.2 Å². The van der Waals surface area contributed by atoms with Crippen molar-refractivity contribution < 1.29 is 19.4 Å². The molecule has 1 aromatic heterocycles. The van der Waals surface area contributed by atoms with Gasteiger partial charge in [-0.05, 0) is 49.9 Å². The molecule has 29 heavy (non-hydrogen) atoms. The predicted molar refractivity (Wildman–Crippen MR) is 112 cm³/mol. The number of thiazole rings is 1. The summed E-state index contributed by atoms with van der Waals surface area (Å²) >= 11 is 1.78. The lowest BCUT2D eigenvalue weighted by atomic mass is 9.77. The summed E-state index contributed by atoms with van der Waals surface area (Å²) in [5.41, 5.74) is 1.21. The van der Waals surface area contributed by atoms with Crippen LogP contribution in [0, 0.1) is 17.8 Å². The number of rotatable bonds is 7. The highest BCUT2D eigenvalue weighted by Gasteiger charge is 2.43. The summed E-state index contributed by atoms with van der Waals surface area (Å²) in [6.07, 6.45) is 5.96. The third kappa shape index (κ3) is 6.49. The Kier molecular flexibility index (Phi) is 8.03. The molecule has 4 atom stereocenters. The number of likely N-dealkylation sites (tertiary alicyclic amines) is 1. The lowest BCUT2D eigenvalue weighted by Gasteiger charge is -2.38. The molecule has 3 aliphatic rings. The second-order valence-electron chi connectivity index (χ2n) is 8.50. The molecule has 3 fully saturated rings. The minimum Gasteiger partial charge on any atom is -0.483 e. The standard InChI is InChI=1S/C20H31N3O2S.CH2O2/c1-3-20-22-17(12-26-20)10-23-8-15-6-18(21-13(2)24)19(7-16(15)9-23)25-11-14-4-5-14;2-1-3/h12,14-16,18-19H,3-11H2,1-2H3,(H,21,24);1H,(H,2,3)/t15-,16+,18-,19-;/m1./s1. The smallest absolute Gasteiger partial charge is 0.290 e. The number of carboxylic acid groups (broad SMARTS) is 1. The van der Waals surface area contributed by atoms with E-state index in [9.17, 15) is 4.79 Å². The van der Waals surface area contributed by atoms with Gasteiger partial charge in [0, 0.05) is 38.5 Å². The van der Waals surface area contributed by atoms with Gasteiger partial charge in [-0.25, -0.2) is 4.98 Å². The molecule has 0 aromatic carbocycles. The number of aromatic nitrogens is 1. The van der Waals surface area contributed by atoms with Crippen LogP contribution in [0.15, 0.2) is 5.38 Å². The van der Waals surface area contributed by atoms with Crippen molar-refractivity contribution in [3.63, 3.8) is 0 Å². The maximum Gasteiger partial charge on any atom is 0.290 e. The van der Waals surface area contributed by atoms with E-state index in [1.165, 1.54) is 23.5 Å². The maximum atomic E-state index is 11.7. The lowest BCUT2D eigenvalue weighted by Crippen LogP contribution is -2.50. The number of fused-ring (bicyclic) bond motifs is 1. The summed E-state index contributed by atoms with van der Waals surface area (Å²) < 4.78 is 6.26. The Labute approximate surface area is 176 Å². The lowest BCUT2D eigenvalue weighted by molar-refractivity contribution is -0.123. The van der Waals surface area contributed by atoms with E-state index in [1.807, 2.05) is 0 Å². The van der Waals surface area contributed by atoms with E-state index in [0.717, 1.165) is 51.4 Å². The molecular weight excluding hydrogens is 390 g/mol. The Morgan fingerprint density at radius 2 is 2.07 bits per heavy atom. The SMILES string of the molecule is CCc1nc(CN2C[C@H]3C[C@@H](NC(C)=O)[C@H](OCC4CC4)C[C@H]3C2)cs1.O=CO. The molecule has 2 heterocycles. The van der Waals surface area contributed by atoms with Crippen LogP contribution in [-0.4, -0.2) is 59.2 Å². The second kappa shape index (κ2) is 10.5. The average Bonchev–Trinajstić information content (AvgIpc) is 3.26. The van der Waals surface area contributed by atoms with Crippen molar-refractivity contribution >= 4 is 23.7 Å². The molecule has 162 valence electrons. The Balaban J connectivity index is 0.000000755. The topological polar surface area (TPSA) is 91.8 Å². The van der Waals surface area contributed by atoms with Gasteiger partial charge in [0.2, 0.25) is 5.91 Å². The first-order valence-electron chi connectivity index (χ1n) is 10.6. The minimum absolute atomic E-state index is 0.0675. The molecule has 2 N–H and O–H groups in total. The number of carbonyl (C=O) groups excluding carboxylic acids is 1. The molecule has 1 saturated heterocycles. The van der Waals surface area contributed by atoms with E-state index >= 15 is 0 Å². The van der Waals surface area contributed by atoms with Crippen molar-refractivity contribution in [2.45, 2.75) is 64.6 Å². The van der Waals surface area contributed by atoms with E-state index in [2.05, 4.69) is 22.5 Å². The van der Waals surface area contributed by atoms with Crippen LogP contribution in [0.3, 0.4) is 0 Å². The van der Waals surface area contributed by atoms with E-state index in [0.29, 0.717) is 11.8 Å². The highest BCUT2D eigenvalue weighted by Crippen LogP contribution is 2.39. The van der Waals surface area contributed by atoms with Crippen LogP contribution in [0.5, 0.6) is 0 Å². The molecule has 0 bridgehead atoms. The van der Waals surface area contributed by atoms with Gasteiger partial charge in [-0.1, -0.05) is 6.92 Å². The summed E-state index contributed by atoms with van der Waals surface area (Å²) in [6.45, 7) is 7.63. The number of hydrogen-bond donors (Lipinski definition) is 2. The zero-order chi connectivity index (χ0) is 20.8. The van der Waals surface area contributed by atoms with Crippen LogP contribution in [0.2, 0.25) is 0 Å². The van der Waals surface area contributed by atoms with Gasteiger partial charge in [-0.15, -0.1) is 11.3 Å². The largest absolute Gasteiger partial charge is 0.483 e. The summed E-state index contributed by atoms with van der Waals surface area (Å²) in [5, 5.41) is 13.5. The molecule has 7 nitrogen and oxygen atoms in total. The summed E-state index contributed by atoms with van der Waals surface area (Å²) in [4.78, 5) is 27.3. The number of nitrogens with zero attached hydrogens (tertiary/aromatic N) is 2.